The number of nitrogens with one attached hydrogen (secondary N) is 1. The van der Waals surface area contributed by atoms with Crippen LogP contribution in [-0.4, -0.2) is 26.5 Å². The molecule has 0 saturated heterocycles. The number of halogens is 2. The molecule has 0 aliphatic heterocycles. The van der Waals surface area contributed by atoms with Gasteiger partial charge in [0.25, 0.3) is 5.91 Å². The predicted molar refractivity (Wildman–Crippen MR) is 95.3 cm³/mol. The summed E-state index contributed by atoms with van der Waals surface area (Å²) in [7, 11) is 0. The van der Waals surface area contributed by atoms with E-state index < -0.39 is 6.55 Å². The summed E-state index contributed by atoms with van der Waals surface area (Å²) in [6.07, 6.45) is 4.62. The molecule has 4 rings (SSSR count). The Bertz CT molecular complexity index is 955. The Labute approximate surface area is 152 Å². The SMILES string of the molecule is O=C(NC1CC1)c1cc(SCc2nccn2C(F)F)nc2ccccc12. The maximum absolute atomic E-state index is 12.9. The molecule has 1 aromatic carbocycles. The van der Waals surface area contributed by atoms with E-state index in [9.17, 15) is 13.6 Å². The number of hydrogen-bond acceptors (Lipinski definition) is 4. The number of hydrogen-bond donors (Lipinski definition) is 1. The van der Waals surface area contributed by atoms with Crippen LogP contribution in [0.4, 0.5) is 8.78 Å². The normalized spacial score (nSPS) is 14.1. The van der Waals surface area contributed by atoms with E-state index >= 15 is 0 Å². The molecule has 0 radical (unpaired) electrons. The number of carbonyl (C=O) groups is 1. The smallest absolute Gasteiger partial charge is 0.319 e. The first-order valence-corrected chi connectivity index (χ1v) is 9.23. The molecule has 0 spiro atoms. The zero-order valence-electron chi connectivity index (χ0n) is 13.7. The summed E-state index contributed by atoms with van der Waals surface area (Å²) in [5.41, 5.74) is 1.26. The van der Waals surface area contributed by atoms with Crippen molar-refractivity contribution in [3.05, 3.63) is 54.1 Å². The van der Waals surface area contributed by atoms with Gasteiger partial charge < -0.3 is 5.32 Å². The van der Waals surface area contributed by atoms with Crippen LogP contribution in [0.5, 0.6) is 0 Å². The van der Waals surface area contributed by atoms with Crippen molar-refractivity contribution in [2.75, 3.05) is 0 Å². The Morgan fingerprint density at radius 2 is 2.15 bits per heavy atom. The Balaban J connectivity index is 1.62. The minimum absolute atomic E-state index is 0.123. The highest BCUT2D eigenvalue weighted by molar-refractivity contribution is 7.98. The molecule has 5 nitrogen and oxygen atoms in total. The minimum atomic E-state index is -2.63. The summed E-state index contributed by atoms with van der Waals surface area (Å²) in [6.45, 7) is -2.63. The van der Waals surface area contributed by atoms with Gasteiger partial charge in [-0.15, -0.1) is 0 Å². The highest BCUT2D eigenvalue weighted by atomic mass is 32.2. The van der Waals surface area contributed by atoms with Gasteiger partial charge in [0.2, 0.25) is 0 Å². The van der Waals surface area contributed by atoms with Gasteiger partial charge in [0, 0.05) is 23.8 Å². The van der Waals surface area contributed by atoms with Gasteiger partial charge in [0.1, 0.15) is 5.82 Å². The molecule has 1 fully saturated rings. The summed E-state index contributed by atoms with van der Waals surface area (Å²) in [4.78, 5) is 21.1. The summed E-state index contributed by atoms with van der Waals surface area (Å²) < 4.78 is 26.7. The van der Waals surface area contributed by atoms with Gasteiger partial charge in [-0.3, -0.25) is 9.36 Å². The standard InChI is InChI=1S/C18H16F2N4OS/c19-18(20)24-8-7-21-15(24)10-26-16-9-13(17(25)22-11-5-6-11)12-3-1-2-4-14(12)23-16/h1-4,7-9,11,18H,5-6,10H2,(H,22,25). The van der Waals surface area contributed by atoms with Crippen molar-refractivity contribution in [1.29, 1.82) is 0 Å². The fourth-order valence-corrected chi connectivity index (χ4v) is 3.54. The van der Waals surface area contributed by atoms with E-state index in [0.29, 0.717) is 16.1 Å². The lowest BCUT2D eigenvalue weighted by Crippen LogP contribution is -2.25. The van der Waals surface area contributed by atoms with E-state index in [0.717, 1.165) is 22.8 Å². The molecule has 26 heavy (non-hydrogen) atoms. The van der Waals surface area contributed by atoms with E-state index in [4.69, 9.17) is 0 Å². The molecule has 134 valence electrons. The molecule has 0 bridgehead atoms. The average molecular weight is 374 g/mol. The van der Waals surface area contributed by atoms with E-state index in [1.807, 2.05) is 24.3 Å². The lowest BCUT2D eigenvalue weighted by atomic mass is 10.1. The number of thioether (sulfide) groups is 1. The second-order valence-corrected chi connectivity index (χ2v) is 7.09. The third kappa shape index (κ3) is 3.55. The fraction of sp³-hybridized carbons (Fsp3) is 0.278. The molecular weight excluding hydrogens is 358 g/mol. The Hall–Kier alpha value is -2.48. The van der Waals surface area contributed by atoms with Crippen LogP contribution in [0.1, 0.15) is 35.6 Å². The number of alkyl halides is 2. The summed E-state index contributed by atoms with van der Waals surface area (Å²) in [5, 5.41) is 4.38. The number of nitrogens with zero attached hydrogens (tertiary/aromatic N) is 3. The number of para-hydroxylation sites is 1. The molecule has 8 heteroatoms. The second-order valence-electron chi connectivity index (χ2n) is 6.09. The van der Waals surface area contributed by atoms with Crippen molar-refractivity contribution in [2.24, 2.45) is 0 Å². The van der Waals surface area contributed by atoms with Crippen molar-refractivity contribution in [2.45, 2.75) is 36.2 Å². The van der Waals surface area contributed by atoms with Crippen molar-refractivity contribution in [3.63, 3.8) is 0 Å². The lowest BCUT2D eigenvalue weighted by Gasteiger charge is -2.10. The molecular formula is C18H16F2N4OS. The van der Waals surface area contributed by atoms with Crippen LogP contribution < -0.4 is 5.32 Å². The third-order valence-corrected chi connectivity index (χ3v) is 5.07. The van der Waals surface area contributed by atoms with Crippen LogP contribution in [0, 0.1) is 0 Å². The monoisotopic (exact) mass is 374 g/mol. The average Bonchev–Trinajstić information content (AvgIpc) is 3.32. The molecule has 1 amide bonds. The maximum Gasteiger partial charge on any atom is 0.319 e. The van der Waals surface area contributed by atoms with E-state index in [1.165, 1.54) is 24.2 Å². The topological polar surface area (TPSA) is 59.8 Å². The van der Waals surface area contributed by atoms with E-state index in [2.05, 4.69) is 15.3 Å². The van der Waals surface area contributed by atoms with Crippen molar-refractivity contribution in [3.8, 4) is 0 Å². The highest BCUT2D eigenvalue weighted by Gasteiger charge is 2.25. The van der Waals surface area contributed by atoms with Gasteiger partial charge in [-0.25, -0.2) is 9.97 Å². The first-order chi connectivity index (χ1) is 12.6. The highest BCUT2D eigenvalue weighted by Crippen LogP contribution is 2.28. The Morgan fingerprint density at radius 3 is 2.92 bits per heavy atom. The van der Waals surface area contributed by atoms with Crippen LogP contribution in [0.15, 0.2) is 47.8 Å². The Kier molecular flexibility index (Phi) is 4.58. The van der Waals surface area contributed by atoms with Gasteiger partial charge in [-0.2, -0.15) is 8.78 Å². The van der Waals surface area contributed by atoms with Crippen LogP contribution in [0.3, 0.4) is 0 Å². The van der Waals surface area contributed by atoms with Gasteiger partial charge in [0.15, 0.2) is 0 Å². The second kappa shape index (κ2) is 7.03. The molecule has 2 heterocycles. The number of rotatable bonds is 6. The predicted octanol–water partition coefficient (Wildman–Crippen LogP) is 4.01. The van der Waals surface area contributed by atoms with E-state index in [-0.39, 0.29) is 23.5 Å². The minimum Gasteiger partial charge on any atom is -0.349 e. The van der Waals surface area contributed by atoms with Gasteiger partial charge >= 0.3 is 6.55 Å². The van der Waals surface area contributed by atoms with Gasteiger partial charge in [-0.1, -0.05) is 30.0 Å². The van der Waals surface area contributed by atoms with Gasteiger partial charge in [-0.05, 0) is 25.0 Å². The molecule has 0 unspecified atom stereocenters. The molecule has 1 aliphatic rings. The Morgan fingerprint density at radius 1 is 1.35 bits per heavy atom. The zero-order chi connectivity index (χ0) is 18.1. The number of aromatic nitrogens is 3. The first kappa shape index (κ1) is 17.0. The third-order valence-electron chi connectivity index (χ3n) is 4.16. The van der Waals surface area contributed by atoms with Crippen LogP contribution in [-0.2, 0) is 5.75 Å². The number of imidazole rings is 1. The summed E-state index contributed by atoms with van der Waals surface area (Å²) in [6, 6.07) is 9.40. The number of fused-ring (bicyclic) bond motifs is 1. The largest absolute Gasteiger partial charge is 0.349 e. The fourth-order valence-electron chi connectivity index (χ4n) is 2.68. The molecule has 3 aromatic rings. The lowest BCUT2D eigenvalue weighted by molar-refractivity contribution is 0.0677. The summed E-state index contributed by atoms with van der Waals surface area (Å²) in [5.74, 6) is 0.387. The van der Waals surface area contributed by atoms with Crippen LogP contribution in [0.25, 0.3) is 10.9 Å². The van der Waals surface area contributed by atoms with Crippen LogP contribution >= 0.6 is 11.8 Å². The molecule has 1 aliphatic carbocycles. The zero-order valence-corrected chi connectivity index (χ0v) is 14.5. The van der Waals surface area contributed by atoms with Crippen molar-refractivity contribution < 1.29 is 13.6 Å². The van der Waals surface area contributed by atoms with Gasteiger partial charge in [0.05, 0.1) is 21.9 Å². The number of pyridine rings is 1. The molecule has 2 aromatic heterocycles. The number of carbonyl (C=O) groups excluding carboxylic acids is 1. The van der Waals surface area contributed by atoms with Crippen molar-refractivity contribution >= 4 is 28.6 Å². The first-order valence-electron chi connectivity index (χ1n) is 8.25. The van der Waals surface area contributed by atoms with E-state index in [1.54, 1.807) is 6.07 Å². The maximum atomic E-state index is 12.9. The van der Waals surface area contributed by atoms with Crippen molar-refractivity contribution in [1.82, 2.24) is 19.9 Å². The number of benzene rings is 1. The van der Waals surface area contributed by atoms with Crippen LogP contribution in [0.2, 0.25) is 0 Å². The number of amides is 1. The molecule has 1 saturated carbocycles. The summed E-state index contributed by atoms with van der Waals surface area (Å²) >= 11 is 1.28. The molecule has 0 atom stereocenters. The quantitative estimate of drug-likeness (QED) is 0.663. The molecule has 1 N–H and O–H groups in total.